The van der Waals surface area contributed by atoms with E-state index in [0.717, 1.165) is 37.1 Å². The van der Waals surface area contributed by atoms with Gasteiger partial charge in [0.25, 0.3) is 0 Å². The van der Waals surface area contributed by atoms with Crippen LogP contribution in [0.4, 0.5) is 19.1 Å². The number of alkyl halides is 3. The number of rotatable bonds is 3. The van der Waals surface area contributed by atoms with Crippen LogP contribution in [0.25, 0.3) is 0 Å². The molecular formula is C19H23F3N4O3. The van der Waals surface area contributed by atoms with Crippen molar-refractivity contribution >= 4 is 11.9 Å². The van der Waals surface area contributed by atoms with E-state index in [1.807, 2.05) is 25.4 Å². The lowest BCUT2D eigenvalue weighted by Crippen LogP contribution is -2.36. The molecule has 0 aliphatic carbocycles. The van der Waals surface area contributed by atoms with Gasteiger partial charge < -0.3 is 14.4 Å². The molecule has 4 rings (SSSR count). The zero-order valence-electron chi connectivity index (χ0n) is 16.2. The van der Waals surface area contributed by atoms with Gasteiger partial charge in [-0.25, -0.2) is 14.8 Å². The van der Waals surface area contributed by atoms with Gasteiger partial charge in [0.1, 0.15) is 11.5 Å². The van der Waals surface area contributed by atoms with Crippen molar-refractivity contribution in [2.24, 2.45) is 0 Å². The monoisotopic (exact) mass is 412 g/mol. The number of hydrogen-bond donors (Lipinski definition) is 1. The third-order valence-electron chi connectivity index (χ3n) is 5.32. The highest BCUT2D eigenvalue weighted by Gasteiger charge is 2.43. The predicted octanol–water partition coefficient (Wildman–Crippen LogP) is 3.17. The van der Waals surface area contributed by atoms with Crippen molar-refractivity contribution in [2.45, 2.75) is 51.5 Å². The molecule has 2 saturated heterocycles. The second-order valence-corrected chi connectivity index (χ2v) is 7.18. The number of aromatic nitrogens is 2. The number of carbonyl (C=O) groups is 1. The molecule has 2 aromatic rings. The molecule has 2 fully saturated rings. The standard InChI is InChI=1S/C17H22N4O.C2HF3O2/c1-12-10-14(22-13(12)2)11-20-8-4-16-15(20)5-9-21(16)17-18-6-3-7-19-17;3-2(4,5)1(6)7/h3,6-7,10,15-16H,4-5,8-9,11H2,1-2H3;(H,6,7)/t15-,16+;/m1./s1. The molecule has 0 spiro atoms. The number of likely N-dealkylation sites (tertiary alicyclic amines) is 1. The number of hydrogen-bond acceptors (Lipinski definition) is 6. The minimum atomic E-state index is -5.08. The van der Waals surface area contributed by atoms with Crippen LogP contribution in [0.5, 0.6) is 0 Å². The Hall–Kier alpha value is -2.62. The molecule has 10 heteroatoms. The summed E-state index contributed by atoms with van der Waals surface area (Å²) in [5.41, 5.74) is 1.25. The molecule has 158 valence electrons. The molecule has 29 heavy (non-hydrogen) atoms. The molecule has 0 saturated carbocycles. The Kier molecular flexibility index (Phi) is 6.11. The van der Waals surface area contributed by atoms with Gasteiger partial charge in [0, 0.05) is 37.6 Å². The van der Waals surface area contributed by atoms with Gasteiger partial charge >= 0.3 is 12.1 Å². The molecule has 1 N–H and O–H groups in total. The third-order valence-corrected chi connectivity index (χ3v) is 5.32. The zero-order valence-corrected chi connectivity index (χ0v) is 16.2. The summed E-state index contributed by atoms with van der Waals surface area (Å²) in [5, 5.41) is 7.12. The van der Waals surface area contributed by atoms with Crippen LogP contribution >= 0.6 is 0 Å². The topological polar surface area (TPSA) is 82.7 Å². The molecule has 2 aromatic heterocycles. The van der Waals surface area contributed by atoms with Gasteiger partial charge in [0.15, 0.2) is 0 Å². The highest BCUT2D eigenvalue weighted by Crippen LogP contribution is 2.34. The Labute approximate surface area is 166 Å². The van der Waals surface area contributed by atoms with E-state index in [4.69, 9.17) is 14.3 Å². The fourth-order valence-corrected chi connectivity index (χ4v) is 3.89. The summed E-state index contributed by atoms with van der Waals surface area (Å²) in [4.78, 5) is 22.7. The van der Waals surface area contributed by atoms with Gasteiger partial charge in [0.05, 0.1) is 6.54 Å². The molecule has 2 aliphatic heterocycles. The SMILES string of the molecule is Cc1cc(CN2CC[C@H]3[C@H]2CCN3c2ncccn2)oc1C.O=C(O)C(F)(F)F. The van der Waals surface area contributed by atoms with E-state index in [-0.39, 0.29) is 0 Å². The van der Waals surface area contributed by atoms with E-state index >= 15 is 0 Å². The van der Waals surface area contributed by atoms with Crippen molar-refractivity contribution in [1.82, 2.24) is 14.9 Å². The van der Waals surface area contributed by atoms with Crippen LogP contribution in [-0.4, -0.2) is 57.3 Å². The van der Waals surface area contributed by atoms with Crippen molar-refractivity contribution in [1.29, 1.82) is 0 Å². The van der Waals surface area contributed by atoms with Crippen LogP contribution in [0.2, 0.25) is 0 Å². The highest BCUT2D eigenvalue weighted by atomic mass is 19.4. The first-order chi connectivity index (χ1) is 13.7. The molecule has 0 radical (unpaired) electrons. The quantitative estimate of drug-likeness (QED) is 0.829. The lowest BCUT2D eigenvalue weighted by molar-refractivity contribution is -0.192. The fourth-order valence-electron chi connectivity index (χ4n) is 3.89. The summed E-state index contributed by atoms with van der Waals surface area (Å²) in [6.07, 6.45) is 0.941. The number of fused-ring (bicyclic) bond motifs is 1. The van der Waals surface area contributed by atoms with E-state index < -0.39 is 12.1 Å². The second kappa shape index (κ2) is 8.40. The van der Waals surface area contributed by atoms with Gasteiger partial charge in [-0.3, -0.25) is 4.90 Å². The lowest BCUT2D eigenvalue weighted by Gasteiger charge is -2.25. The summed E-state index contributed by atoms with van der Waals surface area (Å²) >= 11 is 0. The van der Waals surface area contributed by atoms with Gasteiger partial charge in [-0.15, -0.1) is 0 Å². The minimum absolute atomic E-state index is 0.541. The highest BCUT2D eigenvalue weighted by molar-refractivity contribution is 5.73. The first-order valence-corrected chi connectivity index (χ1v) is 9.30. The minimum Gasteiger partial charge on any atom is -0.475 e. The van der Waals surface area contributed by atoms with E-state index in [1.54, 1.807) is 0 Å². The van der Waals surface area contributed by atoms with Crippen LogP contribution in [-0.2, 0) is 11.3 Å². The van der Waals surface area contributed by atoms with Gasteiger partial charge in [-0.1, -0.05) is 0 Å². The number of carboxylic acid groups (broad SMARTS) is 1. The Balaban J connectivity index is 0.000000298. The zero-order chi connectivity index (χ0) is 21.2. The number of anilines is 1. The molecule has 0 bridgehead atoms. The van der Waals surface area contributed by atoms with E-state index in [9.17, 15) is 13.2 Å². The molecule has 4 heterocycles. The Morgan fingerprint density at radius 2 is 1.83 bits per heavy atom. The van der Waals surface area contributed by atoms with Gasteiger partial charge in [0.2, 0.25) is 5.95 Å². The maximum atomic E-state index is 10.6. The lowest BCUT2D eigenvalue weighted by atomic mass is 10.1. The van der Waals surface area contributed by atoms with Crippen molar-refractivity contribution in [3.8, 4) is 0 Å². The Morgan fingerprint density at radius 3 is 2.38 bits per heavy atom. The molecule has 0 amide bonds. The number of aryl methyl sites for hydroxylation is 2. The third kappa shape index (κ3) is 4.87. The number of carboxylic acids is 1. The molecule has 7 nitrogen and oxygen atoms in total. The fraction of sp³-hybridized carbons (Fsp3) is 0.526. The van der Waals surface area contributed by atoms with E-state index in [0.29, 0.717) is 12.1 Å². The van der Waals surface area contributed by atoms with Crippen LogP contribution in [0.3, 0.4) is 0 Å². The van der Waals surface area contributed by atoms with E-state index in [1.165, 1.54) is 18.4 Å². The van der Waals surface area contributed by atoms with Crippen LogP contribution in [0, 0.1) is 13.8 Å². The first-order valence-electron chi connectivity index (χ1n) is 9.30. The van der Waals surface area contributed by atoms with Gasteiger partial charge in [-0.2, -0.15) is 13.2 Å². The van der Waals surface area contributed by atoms with Gasteiger partial charge in [-0.05, 0) is 44.4 Å². The average Bonchev–Trinajstić information content (AvgIpc) is 3.33. The predicted molar refractivity (Wildman–Crippen MR) is 98.5 cm³/mol. The molecule has 0 unspecified atom stereocenters. The van der Waals surface area contributed by atoms with Crippen LogP contribution in [0.1, 0.15) is 29.9 Å². The average molecular weight is 412 g/mol. The first kappa shape index (κ1) is 21.1. The van der Waals surface area contributed by atoms with Crippen molar-refractivity contribution in [2.75, 3.05) is 18.0 Å². The molecule has 2 atom stereocenters. The smallest absolute Gasteiger partial charge is 0.475 e. The van der Waals surface area contributed by atoms with Crippen LogP contribution < -0.4 is 4.90 Å². The summed E-state index contributed by atoms with van der Waals surface area (Å²) in [6.45, 7) is 7.23. The van der Waals surface area contributed by atoms with Crippen molar-refractivity contribution < 1.29 is 27.5 Å². The molecule has 2 aliphatic rings. The Bertz CT molecular complexity index is 821. The number of halogens is 3. The molecule has 0 aromatic carbocycles. The maximum Gasteiger partial charge on any atom is 0.490 e. The number of nitrogens with zero attached hydrogens (tertiary/aromatic N) is 4. The molecular weight excluding hydrogens is 389 g/mol. The van der Waals surface area contributed by atoms with Crippen LogP contribution in [0.15, 0.2) is 28.9 Å². The summed E-state index contributed by atoms with van der Waals surface area (Å²) < 4.78 is 37.6. The second-order valence-electron chi connectivity index (χ2n) is 7.18. The van der Waals surface area contributed by atoms with Crippen molar-refractivity contribution in [3.05, 3.63) is 41.6 Å². The summed E-state index contributed by atoms with van der Waals surface area (Å²) in [5.74, 6) is 0.246. The van der Waals surface area contributed by atoms with E-state index in [2.05, 4.69) is 32.8 Å². The summed E-state index contributed by atoms with van der Waals surface area (Å²) in [7, 11) is 0. The number of aliphatic carboxylic acids is 1. The Morgan fingerprint density at radius 1 is 1.21 bits per heavy atom. The largest absolute Gasteiger partial charge is 0.490 e. The summed E-state index contributed by atoms with van der Waals surface area (Å²) in [6, 6.07) is 5.18. The maximum absolute atomic E-state index is 10.6. The van der Waals surface area contributed by atoms with Crippen molar-refractivity contribution in [3.63, 3.8) is 0 Å². The normalized spacial score (nSPS) is 21.6. The number of furan rings is 1.